The average molecular weight is 413 g/mol. The van der Waals surface area contributed by atoms with Crippen molar-refractivity contribution < 1.29 is 17.6 Å². The number of aryl methyl sites for hydroxylation is 2. The minimum atomic E-state index is -3.72. The molecule has 5 nitrogen and oxygen atoms in total. The van der Waals surface area contributed by atoms with Gasteiger partial charge in [0.05, 0.1) is 17.0 Å². The molecule has 1 atom stereocenters. The Morgan fingerprint density at radius 2 is 1.85 bits per heavy atom. The number of hydrogen-bond donors (Lipinski definition) is 1. The van der Waals surface area contributed by atoms with Gasteiger partial charge < -0.3 is 5.32 Å². The molecule has 2 aromatic rings. The van der Waals surface area contributed by atoms with E-state index in [-0.39, 0.29) is 11.4 Å². The molecule has 0 aliphatic carbocycles. The van der Waals surface area contributed by atoms with Crippen molar-refractivity contribution in [2.24, 2.45) is 0 Å². The molecule has 0 aliphatic rings. The van der Waals surface area contributed by atoms with Crippen molar-refractivity contribution in [2.75, 3.05) is 15.9 Å². The van der Waals surface area contributed by atoms with Crippen LogP contribution < -0.4 is 9.62 Å². The van der Waals surface area contributed by atoms with Crippen LogP contribution in [0.5, 0.6) is 0 Å². The van der Waals surface area contributed by atoms with Gasteiger partial charge in [0.2, 0.25) is 15.9 Å². The second-order valence-corrected chi connectivity index (χ2v) is 8.64. The molecule has 0 fully saturated rings. The van der Waals surface area contributed by atoms with Gasteiger partial charge in [0.15, 0.2) is 0 Å². The molecular formula is C19H22ClFN2O3S. The van der Waals surface area contributed by atoms with Crippen molar-refractivity contribution in [2.45, 2.75) is 33.2 Å². The third kappa shape index (κ3) is 4.99. The first-order chi connectivity index (χ1) is 12.5. The number of hydrogen-bond acceptors (Lipinski definition) is 3. The molecule has 0 heterocycles. The molecule has 0 saturated carbocycles. The molecule has 146 valence electrons. The zero-order valence-electron chi connectivity index (χ0n) is 15.6. The molecule has 0 aromatic heterocycles. The highest BCUT2D eigenvalue weighted by Crippen LogP contribution is 2.26. The molecule has 2 rings (SSSR count). The van der Waals surface area contributed by atoms with E-state index in [4.69, 9.17) is 11.6 Å². The maximum atomic E-state index is 13.3. The Morgan fingerprint density at radius 1 is 1.19 bits per heavy atom. The molecule has 8 heteroatoms. The van der Waals surface area contributed by atoms with Gasteiger partial charge >= 0.3 is 0 Å². The maximum absolute atomic E-state index is 13.3. The lowest BCUT2D eigenvalue weighted by molar-refractivity contribution is -0.117. The van der Waals surface area contributed by atoms with Crippen molar-refractivity contribution in [1.29, 1.82) is 0 Å². The predicted octanol–water partition coefficient (Wildman–Crippen LogP) is 4.28. The lowest BCUT2D eigenvalue weighted by atomic mass is 10.1. The monoisotopic (exact) mass is 412 g/mol. The van der Waals surface area contributed by atoms with Crippen LogP contribution in [0.3, 0.4) is 0 Å². The van der Waals surface area contributed by atoms with E-state index in [9.17, 15) is 17.6 Å². The smallest absolute Gasteiger partial charge is 0.248 e. The first-order valence-corrected chi connectivity index (χ1v) is 10.6. The molecule has 0 radical (unpaired) electrons. The van der Waals surface area contributed by atoms with Gasteiger partial charge in [-0.05, 0) is 61.7 Å². The highest BCUT2D eigenvalue weighted by molar-refractivity contribution is 7.92. The summed E-state index contributed by atoms with van der Waals surface area (Å²) in [5.74, 6) is -1.13. The van der Waals surface area contributed by atoms with E-state index in [1.807, 2.05) is 19.9 Å². The molecule has 0 saturated heterocycles. The van der Waals surface area contributed by atoms with Crippen molar-refractivity contribution in [3.63, 3.8) is 0 Å². The largest absolute Gasteiger partial charge is 0.324 e. The third-order valence-corrected chi connectivity index (χ3v) is 5.73. The Bertz CT molecular complexity index is 963. The van der Waals surface area contributed by atoms with Crippen molar-refractivity contribution in [1.82, 2.24) is 0 Å². The summed E-state index contributed by atoms with van der Waals surface area (Å²) in [4.78, 5) is 12.8. The fraction of sp³-hybridized carbons (Fsp3) is 0.316. The fourth-order valence-electron chi connectivity index (χ4n) is 2.72. The van der Waals surface area contributed by atoms with E-state index in [0.29, 0.717) is 11.4 Å². The van der Waals surface area contributed by atoms with E-state index in [2.05, 4.69) is 5.32 Å². The summed E-state index contributed by atoms with van der Waals surface area (Å²) in [6, 6.07) is 8.04. The van der Waals surface area contributed by atoms with Crippen LogP contribution in [-0.4, -0.2) is 26.6 Å². The molecule has 0 unspecified atom stereocenters. The van der Waals surface area contributed by atoms with Gasteiger partial charge in [0.25, 0.3) is 0 Å². The molecule has 27 heavy (non-hydrogen) atoms. The first-order valence-electron chi connectivity index (χ1n) is 8.37. The van der Waals surface area contributed by atoms with Crippen LogP contribution in [-0.2, 0) is 14.8 Å². The molecule has 0 aliphatic heterocycles. The fourth-order valence-corrected chi connectivity index (χ4v) is 4.11. The van der Waals surface area contributed by atoms with Crippen LogP contribution in [0.25, 0.3) is 0 Å². The number of carbonyl (C=O) groups excluding carboxylic acids is 1. The van der Waals surface area contributed by atoms with Crippen LogP contribution in [0.4, 0.5) is 15.8 Å². The van der Waals surface area contributed by atoms with Crippen LogP contribution in [0.2, 0.25) is 5.02 Å². The van der Waals surface area contributed by atoms with Gasteiger partial charge in [-0.15, -0.1) is 0 Å². The van der Waals surface area contributed by atoms with Crippen molar-refractivity contribution in [3.8, 4) is 0 Å². The van der Waals surface area contributed by atoms with Crippen LogP contribution >= 0.6 is 11.6 Å². The summed E-state index contributed by atoms with van der Waals surface area (Å²) in [7, 11) is -3.72. The minimum absolute atomic E-state index is 0.130. The van der Waals surface area contributed by atoms with E-state index in [0.717, 1.165) is 27.8 Å². The summed E-state index contributed by atoms with van der Waals surface area (Å²) >= 11 is 5.74. The highest BCUT2D eigenvalue weighted by atomic mass is 35.5. The van der Waals surface area contributed by atoms with Crippen LogP contribution in [0, 0.1) is 19.7 Å². The molecule has 1 amide bonds. The highest BCUT2D eigenvalue weighted by Gasteiger charge is 2.31. The van der Waals surface area contributed by atoms with Gasteiger partial charge in [-0.2, -0.15) is 0 Å². The summed E-state index contributed by atoms with van der Waals surface area (Å²) in [5.41, 5.74) is 2.64. The predicted molar refractivity (Wildman–Crippen MR) is 107 cm³/mol. The van der Waals surface area contributed by atoms with E-state index in [1.165, 1.54) is 12.1 Å². The second-order valence-electron chi connectivity index (χ2n) is 6.37. The molecular weight excluding hydrogens is 391 g/mol. The van der Waals surface area contributed by atoms with E-state index in [1.54, 1.807) is 19.1 Å². The Morgan fingerprint density at radius 3 is 2.37 bits per heavy atom. The topological polar surface area (TPSA) is 66.5 Å². The lowest BCUT2D eigenvalue weighted by Gasteiger charge is -2.30. The molecule has 1 N–H and O–H groups in total. The number of halogens is 2. The van der Waals surface area contributed by atoms with E-state index >= 15 is 0 Å². The Balaban J connectivity index is 2.40. The summed E-state index contributed by atoms with van der Waals surface area (Å²) in [5, 5.41) is 2.48. The minimum Gasteiger partial charge on any atom is -0.324 e. The lowest BCUT2D eigenvalue weighted by Crippen LogP contribution is -2.47. The number of sulfonamides is 1. The number of nitrogens with one attached hydrogen (secondary N) is 1. The van der Waals surface area contributed by atoms with Crippen LogP contribution in [0.1, 0.15) is 24.5 Å². The first kappa shape index (κ1) is 21.2. The third-order valence-electron chi connectivity index (χ3n) is 4.26. The van der Waals surface area contributed by atoms with Gasteiger partial charge in [-0.25, -0.2) is 12.8 Å². The Kier molecular flexibility index (Phi) is 6.49. The Labute approximate surface area is 164 Å². The SMILES string of the molecule is CC[C@H](C(=O)Nc1ccc(F)c(Cl)c1)N(c1ccc(C)c(C)c1)S(C)(=O)=O. The zero-order chi connectivity index (χ0) is 20.4. The number of amides is 1. The number of anilines is 2. The summed E-state index contributed by atoms with van der Waals surface area (Å²) in [6.07, 6.45) is 1.31. The quantitative estimate of drug-likeness (QED) is 0.770. The number of rotatable bonds is 6. The number of nitrogens with zero attached hydrogens (tertiary/aromatic N) is 1. The second kappa shape index (κ2) is 8.27. The van der Waals surface area contributed by atoms with Gasteiger partial charge in [-0.3, -0.25) is 9.10 Å². The normalized spacial score (nSPS) is 12.5. The summed E-state index contributed by atoms with van der Waals surface area (Å²) < 4.78 is 39.3. The average Bonchev–Trinajstić information content (AvgIpc) is 2.57. The van der Waals surface area contributed by atoms with Crippen LogP contribution in [0.15, 0.2) is 36.4 Å². The Hall–Kier alpha value is -2.12. The maximum Gasteiger partial charge on any atom is 0.248 e. The van der Waals surface area contributed by atoms with Gasteiger partial charge in [-0.1, -0.05) is 24.6 Å². The molecule has 0 spiro atoms. The standard InChI is InChI=1S/C19H22ClFN2O3S/c1-5-18(19(24)22-14-7-9-17(21)16(20)11-14)23(27(4,25)26)15-8-6-12(2)13(3)10-15/h6-11,18H,5H2,1-4H3,(H,22,24)/t18-/m1/s1. The summed E-state index contributed by atoms with van der Waals surface area (Å²) in [6.45, 7) is 5.52. The number of carbonyl (C=O) groups is 1. The van der Waals surface area contributed by atoms with E-state index < -0.39 is 27.8 Å². The zero-order valence-corrected chi connectivity index (χ0v) is 17.2. The van der Waals surface area contributed by atoms with Gasteiger partial charge in [0, 0.05) is 5.69 Å². The van der Waals surface area contributed by atoms with Crippen molar-refractivity contribution in [3.05, 3.63) is 58.4 Å². The molecule has 0 bridgehead atoms. The van der Waals surface area contributed by atoms with Crippen molar-refractivity contribution >= 4 is 38.9 Å². The molecule has 2 aromatic carbocycles. The number of benzene rings is 2. The van der Waals surface area contributed by atoms with Gasteiger partial charge in [0.1, 0.15) is 11.9 Å².